The molecule has 2 aromatic carbocycles. The second-order valence-corrected chi connectivity index (χ2v) is 5.05. The van der Waals surface area contributed by atoms with Crippen molar-refractivity contribution in [2.24, 2.45) is 0 Å². The summed E-state index contributed by atoms with van der Waals surface area (Å²) >= 11 is 0. The Hall–Kier alpha value is -2.29. The second kappa shape index (κ2) is 4.12. The van der Waals surface area contributed by atoms with E-state index in [0.29, 0.717) is 0 Å². The quantitative estimate of drug-likeness (QED) is 0.732. The topological polar surface area (TPSA) is 40.7 Å². The molecule has 3 heteroatoms. The van der Waals surface area contributed by atoms with Crippen molar-refractivity contribution in [1.29, 1.82) is 0 Å². The van der Waals surface area contributed by atoms with Crippen LogP contribution in [-0.2, 0) is 12.8 Å². The third-order valence-corrected chi connectivity index (χ3v) is 3.68. The molecule has 0 spiro atoms. The molecule has 1 aromatic heterocycles. The Morgan fingerprint density at radius 3 is 2.89 bits per heavy atom. The van der Waals surface area contributed by atoms with E-state index in [9.17, 15) is 0 Å². The molecule has 4 rings (SSSR count). The molecule has 0 atom stereocenters. The van der Waals surface area contributed by atoms with Crippen LogP contribution >= 0.6 is 0 Å². The summed E-state index contributed by atoms with van der Waals surface area (Å²) < 4.78 is 0. The number of nitrogens with zero attached hydrogens (tertiary/aromatic N) is 1. The molecule has 3 nitrogen and oxygen atoms in total. The average Bonchev–Trinajstić information content (AvgIpc) is 3.01. The highest BCUT2D eigenvalue weighted by Crippen LogP contribution is 2.27. The second-order valence-electron chi connectivity index (χ2n) is 5.05. The number of H-pyrrole nitrogens is 1. The molecule has 0 bridgehead atoms. The molecule has 0 amide bonds. The monoisotopic (exact) mass is 249 g/mol. The number of rotatable bonds is 2. The lowest BCUT2D eigenvalue weighted by Crippen LogP contribution is -1.91. The number of aromatic amines is 1. The van der Waals surface area contributed by atoms with Gasteiger partial charge in [-0.25, -0.2) is 4.98 Å². The first-order valence-corrected chi connectivity index (χ1v) is 6.68. The Morgan fingerprint density at radius 1 is 1.11 bits per heavy atom. The van der Waals surface area contributed by atoms with E-state index in [-0.39, 0.29) is 0 Å². The first-order valence-electron chi connectivity index (χ1n) is 6.68. The van der Waals surface area contributed by atoms with Gasteiger partial charge in [-0.2, -0.15) is 0 Å². The number of nitrogens with one attached hydrogen (secondary N) is 2. The standard InChI is InChI=1S/C16H15N3/c1-2-4-11(5-3-1)8-16-18-14-9-12-6-7-17-13(12)10-15(14)19-16/h1-5,9-10,17H,6-8H2,(H,18,19). The van der Waals surface area contributed by atoms with Crippen LogP contribution in [0.25, 0.3) is 11.0 Å². The molecule has 0 saturated heterocycles. The van der Waals surface area contributed by atoms with Crippen molar-refractivity contribution < 1.29 is 0 Å². The highest BCUT2D eigenvalue weighted by Gasteiger charge is 2.13. The smallest absolute Gasteiger partial charge is 0.111 e. The number of aromatic nitrogens is 2. The maximum atomic E-state index is 4.69. The molecule has 0 saturated carbocycles. The fourth-order valence-electron chi connectivity index (χ4n) is 2.73. The van der Waals surface area contributed by atoms with Crippen LogP contribution in [0, 0.1) is 0 Å². The fourth-order valence-corrected chi connectivity index (χ4v) is 2.73. The molecular weight excluding hydrogens is 234 g/mol. The van der Waals surface area contributed by atoms with Gasteiger partial charge >= 0.3 is 0 Å². The van der Waals surface area contributed by atoms with Crippen LogP contribution in [-0.4, -0.2) is 16.5 Å². The van der Waals surface area contributed by atoms with Gasteiger partial charge < -0.3 is 10.3 Å². The van der Waals surface area contributed by atoms with E-state index in [1.54, 1.807) is 0 Å². The van der Waals surface area contributed by atoms with E-state index in [4.69, 9.17) is 0 Å². The van der Waals surface area contributed by atoms with E-state index in [2.05, 4.69) is 51.7 Å². The molecule has 3 aromatic rings. The minimum atomic E-state index is 0.855. The zero-order valence-corrected chi connectivity index (χ0v) is 10.6. The van der Waals surface area contributed by atoms with Crippen LogP contribution in [0.5, 0.6) is 0 Å². The highest BCUT2D eigenvalue weighted by atomic mass is 14.9. The molecule has 1 aliphatic heterocycles. The lowest BCUT2D eigenvalue weighted by Gasteiger charge is -1.97. The highest BCUT2D eigenvalue weighted by molar-refractivity contribution is 5.82. The van der Waals surface area contributed by atoms with Crippen molar-refractivity contribution in [2.75, 3.05) is 11.9 Å². The lowest BCUT2D eigenvalue weighted by molar-refractivity contribution is 1.04. The molecule has 19 heavy (non-hydrogen) atoms. The molecule has 0 unspecified atom stereocenters. The number of fused-ring (bicyclic) bond motifs is 2. The number of hydrogen-bond acceptors (Lipinski definition) is 2. The van der Waals surface area contributed by atoms with Crippen molar-refractivity contribution in [2.45, 2.75) is 12.8 Å². The van der Waals surface area contributed by atoms with Crippen LogP contribution < -0.4 is 5.32 Å². The number of anilines is 1. The molecule has 2 N–H and O–H groups in total. The molecule has 1 aliphatic rings. The minimum absolute atomic E-state index is 0.855. The molecule has 0 aliphatic carbocycles. The van der Waals surface area contributed by atoms with Crippen molar-refractivity contribution >= 4 is 16.7 Å². The van der Waals surface area contributed by atoms with Crippen LogP contribution in [0.1, 0.15) is 17.0 Å². The van der Waals surface area contributed by atoms with E-state index in [0.717, 1.165) is 36.2 Å². The van der Waals surface area contributed by atoms with Gasteiger partial charge in [0.2, 0.25) is 0 Å². The lowest BCUT2D eigenvalue weighted by atomic mass is 10.1. The largest absolute Gasteiger partial charge is 0.384 e. The number of benzene rings is 2. The first kappa shape index (κ1) is 10.6. The maximum absolute atomic E-state index is 4.69. The summed E-state index contributed by atoms with van der Waals surface area (Å²) in [5, 5.41) is 3.40. The van der Waals surface area contributed by atoms with Crippen LogP contribution in [0.3, 0.4) is 0 Å². The van der Waals surface area contributed by atoms with Gasteiger partial charge in [-0.05, 0) is 29.7 Å². The van der Waals surface area contributed by atoms with Crippen LogP contribution in [0.2, 0.25) is 0 Å². The van der Waals surface area contributed by atoms with E-state index >= 15 is 0 Å². The summed E-state index contributed by atoms with van der Waals surface area (Å²) in [4.78, 5) is 8.12. The van der Waals surface area contributed by atoms with Gasteiger partial charge in [-0.1, -0.05) is 30.3 Å². The molecular formula is C16H15N3. The molecule has 0 fully saturated rings. The van der Waals surface area contributed by atoms with Gasteiger partial charge in [-0.3, -0.25) is 0 Å². The summed E-state index contributed by atoms with van der Waals surface area (Å²) in [5.74, 6) is 1.03. The average molecular weight is 249 g/mol. The minimum Gasteiger partial charge on any atom is -0.384 e. The Labute approximate surface area is 111 Å². The predicted molar refractivity (Wildman–Crippen MR) is 77.5 cm³/mol. The van der Waals surface area contributed by atoms with Crippen molar-refractivity contribution in [3.63, 3.8) is 0 Å². The summed E-state index contributed by atoms with van der Waals surface area (Å²) in [6, 6.07) is 14.8. The Balaban J connectivity index is 1.72. The fraction of sp³-hybridized carbons (Fsp3) is 0.188. The van der Waals surface area contributed by atoms with Gasteiger partial charge in [0.05, 0.1) is 11.0 Å². The van der Waals surface area contributed by atoms with Crippen molar-refractivity contribution in [1.82, 2.24) is 9.97 Å². The maximum Gasteiger partial charge on any atom is 0.111 e. The van der Waals surface area contributed by atoms with Gasteiger partial charge in [0.15, 0.2) is 0 Å². The predicted octanol–water partition coefficient (Wildman–Crippen LogP) is 3.12. The zero-order chi connectivity index (χ0) is 12.7. The van der Waals surface area contributed by atoms with Gasteiger partial charge in [0.25, 0.3) is 0 Å². The van der Waals surface area contributed by atoms with E-state index in [1.807, 2.05) is 6.07 Å². The van der Waals surface area contributed by atoms with Crippen molar-refractivity contribution in [3.8, 4) is 0 Å². The van der Waals surface area contributed by atoms with Gasteiger partial charge in [0, 0.05) is 18.7 Å². The van der Waals surface area contributed by atoms with Gasteiger partial charge in [0.1, 0.15) is 5.82 Å². The zero-order valence-electron chi connectivity index (χ0n) is 10.6. The van der Waals surface area contributed by atoms with E-state index in [1.165, 1.54) is 16.8 Å². The third-order valence-electron chi connectivity index (χ3n) is 3.68. The first-order chi connectivity index (χ1) is 9.38. The summed E-state index contributed by atoms with van der Waals surface area (Å²) in [5.41, 5.74) is 6.12. The SMILES string of the molecule is c1ccc(Cc2nc3cc4c(cc3[nH]2)CCN4)cc1. The summed E-state index contributed by atoms with van der Waals surface area (Å²) in [7, 11) is 0. The molecule has 0 radical (unpaired) electrons. The Morgan fingerprint density at radius 2 is 2.00 bits per heavy atom. The van der Waals surface area contributed by atoms with E-state index < -0.39 is 0 Å². The van der Waals surface area contributed by atoms with Crippen LogP contribution in [0.15, 0.2) is 42.5 Å². The Kier molecular flexibility index (Phi) is 2.30. The third kappa shape index (κ3) is 1.87. The van der Waals surface area contributed by atoms with Crippen LogP contribution in [0.4, 0.5) is 5.69 Å². The molecule has 94 valence electrons. The summed E-state index contributed by atoms with van der Waals surface area (Å²) in [6.07, 6.45) is 1.96. The molecule has 2 heterocycles. The Bertz CT molecular complexity index is 687. The number of hydrogen-bond donors (Lipinski definition) is 2. The summed E-state index contributed by atoms with van der Waals surface area (Å²) in [6.45, 7) is 1.04. The number of imidazole rings is 1. The van der Waals surface area contributed by atoms with Gasteiger partial charge in [-0.15, -0.1) is 0 Å². The van der Waals surface area contributed by atoms with Crippen molar-refractivity contribution in [3.05, 3.63) is 59.4 Å². The normalized spacial score (nSPS) is 13.5.